The molecule has 0 saturated carbocycles. The summed E-state index contributed by atoms with van der Waals surface area (Å²) >= 11 is 0. The lowest BCUT2D eigenvalue weighted by molar-refractivity contribution is -0.139. The molecule has 2 atom stereocenters. The largest absolute Gasteiger partial charge is 0.480 e. The van der Waals surface area contributed by atoms with Crippen molar-refractivity contribution < 1.29 is 19.4 Å². The van der Waals surface area contributed by atoms with E-state index < -0.39 is 24.2 Å². The second-order valence-corrected chi connectivity index (χ2v) is 5.03. The maximum Gasteiger partial charge on any atom is 0.408 e. The Balaban J connectivity index is 1.94. The van der Waals surface area contributed by atoms with Gasteiger partial charge in [-0.1, -0.05) is 36.4 Å². The van der Waals surface area contributed by atoms with Gasteiger partial charge in [-0.05, 0) is 24.6 Å². The van der Waals surface area contributed by atoms with Crippen LogP contribution in [0.3, 0.4) is 0 Å². The average Bonchev–Trinajstić information content (AvgIpc) is 2.56. The van der Waals surface area contributed by atoms with Crippen LogP contribution in [-0.4, -0.2) is 28.2 Å². The molecule has 120 valence electrons. The first-order valence-corrected chi connectivity index (χ1v) is 7.21. The van der Waals surface area contributed by atoms with E-state index in [0.717, 1.165) is 5.56 Å². The van der Waals surface area contributed by atoms with Crippen LogP contribution in [0.2, 0.25) is 0 Å². The summed E-state index contributed by atoms with van der Waals surface area (Å²) in [5, 5.41) is 11.6. The van der Waals surface area contributed by atoms with Crippen LogP contribution in [0.25, 0.3) is 0 Å². The van der Waals surface area contributed by atoms with Crippen molar-refractivity contribution in [2.24, 2.45) is 0 Å². The van der Waals surface area contributed by atoms with Crippen molar-refractivity contribution in [3.8, 4) is 0 Å². The number of hydrogen-bond acceptors (Lipinski definition) is 4. The van der Waals surface area contributed by atoms with Gasteiger partial charge in [-0.25, -0.2) is 9.59 Å². The Bertz CT molecular complexity index is 646. The minimum atomic E-state index is -1.11. The number of nitrogens with zero attached hydrogens (tertiary/aromatic N) is 1. The molecule has 1 heterocycles. The van der Waals surface area contributed by atoms with Crippen molar-refractivity contribution >= 4 is 12.1 Å². The summed E-state index contributed by atoms with van der Waals surface area (Å²) in [6.07, 6.45) is 0.431. The van der Waals surface area contributed by atoms with Gasteiger partial charge in [0.25, 0.3) is 0 Å². The molecule has 0 aliphatic rings. The molecular formula is C17H18N2O4. The van der Waals surface area contributed by atoms with Crippen LogP contribution in [0.15, 0.2) is 54.7 Å². The molecule has 23 heavy (non-hydrogen) atoms. The fraction of sp³-hybridized carbons (Fsp3) is 0.235. The average molecular weight is 314 g/mol. The Labute approximate surface area is 134 Å². The van der Waals surface area contributed by atoms with Gasteiger partial charge in [0.1, 0.15) is 12.1 Å². The number of aromatic nitrogens is 1. The molecule has 2 aromatic rings. The van der Waals surface area contributed by atoms with E-state index in [1.54, 1.807) is 43.5 Å². The quantitative estimate of drug-likeness (QED) is 0.855. The monoisotopic (exact) mass is 314 g/mol. The molecule has 1 amide bonds. The summed E-state index contributed by atoms with van der Waals surface area (Å²) in [5.74, 6) is -1.11. The highest BCUT2D eigenvalue weighted by molar-refractivity contribution is 5.80. The van der Waals surface area contributed by atoms with Crippen molar-refractivity contribution in [1.82, 2.24) is 10.3 Å². The molecule has 1 aromatic carbocycles. The number of amides is 1. The summed E-state index contributed by atoms with van der Waals surface area (Å²) in [6, 6.07) is 13.3. The summed E-state index contributed by atoms with van der Waals surface area (Å²) in [6.45, 7) is 1.68. The highest BCUT2D eigenvalue weighted by Crippen LogP contribution is 2.13. The predicted octanol–water partition coefficient (Wildman–Crippen LogP) is 2.56. The number of aliphatic carboxylic acids is 1. The molecule has 0 saturated heterocycles. The highest BCUT2D eigenvalue weighted by Gasteiger charge is 2.22. The topological polar surface area (TPSA) is 88.5 Å². The van der Waals surface area contributed by atoms with Crippen molar-refractivity contribution in [1.29, 1.82) is 0 Å². The maximum absolute atomic E-state index is 11.9. The molecule has 6 heteroatoms. The van der Waals surface area contributed by atoms with Gasteiger partial charge in [0.05, 0.1) is 5.69 Å². The van der Waals surface area contributed by atoms with Crippen LogP contribution in [0.4, 0.5) is 4.79 Å². The van der Waals surface area contributed by atoms with E-state index in [9.17, 15) is 14.7 Å². The molecule has 2 N–H and O–H groups in total. The number of carbonyl (C=O) groups is 2. The number of nitrogens with one attached hydrogen (secondary N) is 1. The molecule has 0 spiro atoms. The lowest BCUT2D eigenvalue weighted by Gasteiger charge is -2.17. The van der Waals surface area contributed by atoms with Gasteiger partial charge < -0.3 is 15.2 Å². The molecule has 2 rings (SSSR count). The SMILES string of the molecule is CC(OC(=O)N[C@@H](Cc1ccccc1)C(=O)O)c1ccccn1. The van der Waals surface area contributed by atoms with E-state index in [0.29, 0.717) is 5.69 Å². The van der Waals surface area contributed by atoms with Crippen molar-refractivity contribution in [2.45, 2.75) is 25.5 Å². The first-order chi connectivity index (χ1) is 11.1. The van der Waals surface area contributed by atoms with Gasteiger partial charge in [0, 0.05) is 12.6 Å². The van der Waals surface area contributed by atoms with Gasteiger partial charge in [0.15, 0.2) is 0 Å². The van der Waals surface area contributed by atoms with Gasteiger partial charge in [-0.15, -0.1) is 0 Å². The molecule has 0 fully saturated rings. The van der Waals surface area contributed by atoms with Crippen molar-refractivity contribution in [3.63, 3.8) is 0 Å². The molecule has 0 aliphatic heterocycles. The molecule has 0 bridgehead atoms. The van der Waals surface area contributed by atoms with E-state index in [1.807, 2.05) is 18.2 Å². The second kappa shape index (κ2) is 7.93. The van der Waals surface area contributed by atoms with Crippen LogP contribution in [-0.2, 0) is 16.0 Å². The van der Waals surface area contributed by atoms with Crippen molar-refractivity contribution in [2.75, 3.05) is 0 Å². The second-order valence-electron chi connectivity index (χ2n) is 5.03. The zero-order valence-corrected chi connectivity index (χ0v) is 12.7. The summed E-state index contributed by atoms with van der Waals surface area (Å²) in [4.78, 5) is 27.3. The highest BCUT2D eigenvalue weighted by atomic mass is 16.6. The normalized spacial score (nSPS) is 12.9. The van der Waals surface area contributed by atoms with Crippen LogP contribution < -0.4 is 5.32 Å². The summed E-state index contributed by atoms with van der Waals surface area (Å²) in [5.41, 5.74) is 1.41. The zero-order chi connectivity index (χ0) is 16.7. The molecule has 1 unspecified atom stereocenters. The first kappa shape index (κ1) is 16.5. The third kappa shape index (κ3) is 5.10. The molecule has 1 aromatic heterocycles. The lowest BCUT2D eigenvalue weighted by Crippen LogP contribution is -2.42. The lowest BCUT2D eigenvalue weighted by atomic mass is 10.1. The Hall–Kier alpha value is -2.89. The van der Waals surface area contributed by atoms with Gasteiger partial charge in [-0.2, -0.15) is 0 Å². The van der Waals surface area contributed by atoms with E-state index in [1.165, 1.54) is 0 Å². The third-order valence-corrected chi connectivity index (χ3v) is 3.26. The number of pyridine rings is 1. The number of carbonyl (C=O) groups excluding carboxylic acids is 1. The number of alkyl carbamates (subject to hydrolysis) is 1. The number of carboxylic acid groups (broad SMARTS) is 1. The minimum absolute atomic E-state index is 0.184. The number of rotatable bonds is 6. The summed E-state index contributed by atoms with van der Waals surface area (Å²) in [7, 11) is 0. The number of ether oxygens (including phenoxy) is 1. The molecule has 6 nitrogen and oxygen atoms in total. The van der Waals surface area contributed by atoms with E-state index in [4.69, 9.17) is 4.74 Å². The standard InChI is InChI=1S/C17H18N2O4/c1-12(14-9-5-6-10-18-14)23-17(22)19-15(16(20)21)11-13-7-3-2-4-8-13/h2-10,12,15H,11H2,1H3,(H,19,22)(H,20,21)/t12?,15-/m0/s1. The first-order valence-electron chi connectivity index (χ1n) is 7.21. The Morgan fingerprint density at radius 3 is 2.48 bits per heavy atom. The fourth-order valence-corrected chi connectivity index (χ4v) is 2.06. The molecule has 0 aliphatic carbocycles. The number of hydrogen-bond donors (Lipinski definition) is 2. The van der Waals surface area contributed by atoms with Crippen LogP contribution in [0.1, 0.15) is 24.3 Å². The van der Waals surface area contributed by atoms with Crippen LogP contribution in [0.5, 0.6) is 0 Å². The minimum Gasteiger partial charge on any atom is -0.480 e. The summed E-state index contributed by atoms with van der Waals surface area (Å²) < 4.78 is 5.18. The Morgan fingerprint density at radius 1 is 1.17 bits per heavy atom. The van der Waals surface area contributed by atoms with Crippen LogP contribution in [0, 0.1) is 0 Å². The van der Waals surface area contributed by atoms with E-state index in [-0.39, 0.29) is 6.42 Å². The number of carboxylic acids is 1. The smallest absolute Gasteiger partial charge is 0.408 e. The zero-order valence-electron chi connectivity index (χ0n) is 12.7. The van der Waals surface area contributed by atoms with Gasteiger partial charge >= 0.3 is 12.1 Å². The maximum atomic E-state index is 11.9. The predicted molar refractivity (Wildman–Crippen MR) is 83.8 cm³/mol. The third-order valence-electron chi connectivity index (χ3n) is 3.26. The van der Waals surface area contributed by atoms with E-state index in [2.05, 4.69) is 10.3 Å². The Morgan fingerprint density at radius 2 is 1.87 bits per heavy atom. The van der Waals surface area contributed by atoms with Gasteiger partial charge in [0.2, 0.25) is 0 Å². The van der Waals surface area contributed by atoms with E-state index >= 15 is 0 Å². The molecule has 0 radical (unpaired) electrons. The van der Waals surface area contributed by atoms with Gasteiger partial charge in [-0.3, -0.25) is 4.98 Å². The van der Waals surface area contributed by atoms with Crippen LogP contribution >= 0.6 is 0 Å². The molecular weight excluding hydrogens is 296 g/mol. The number of benzene rings is 1. The van der Waals surface area contributed by atoms with Crippen molar-refractivity contribution in [3.05, 3.63) is 66.0 Å². The Kier molecular flexibility index (Phi) is 5.68. The fourth-order valence-electron chi connectivity index (χ4n) is 2.06.